The van der Waals surface area contributed by atoms with Crippen molar-refractivity contribution in [1.82, 2.24) is 9.13 Å². The molecule has 2 heterocycles. The third kappa shape index (κ3) is 5.91. The molecule has 0 bridgehead atoms. The minimum absolute atomic E-state index is 1.16. The van der Waals surface area contributed by atoms with E-state index in [2.05, 4.69) is 264 Å². The van der Waals surface area contributed by atoms with E-state index in [0.29, 0.717) is 0 Å². The topological polar surface area (TPSA) is 9.86 Å². The quantitative estimate of drug-likeness (QED) is 0.147. The van der Waals surface area contributed by atoms with Gasteiger partial charge in [0.25, 0.3) is 0 Å². The lowest BCUT2D eigenvalue weighted by atomic mass is 9.84. The van der Waals surface area contributed by atoms with Crippen LogP contribution >= 0.6 is 0 Å². The fourth-order valence-corrected chi connectivity index (χ4v) is 11.3. The van der Waals surface area contributed by atoms with Crippen molar-refractivity contribution in [2.45, 2.75) is 0 Å². The van der Waals surface area contributed by atoms with Crippen molar-refractivity contribution in [3.63, 3.8) is 0 Å². The Balaban J connectivity index is 1.06. The molecule has 2 nitrogen and oxygen atoms in total. The Bertz CT molecular complexity index is 4080. The van der Waals surface area contributed by atoms with E-state index in [1.807, 2.05) is 0 Å². The highest BCUT2D eigenvalue weighted by Crippen LogP contribution is 2.47. The Hall–Kier alpha value is -8.98. The molecule has 316 valence electrons. The van der Waals surface area contributed by atoms with E-state index < -0.39 is 0 Å². The van der Waals surface area contributed by atoms with Crippen molar-refractivity contribution < 1.29 is 0 Å². The number of nitrogens with zero attached hydrogens (tertiary/aromatic N) is 2. The molecule has 0 spiro atoms. The number of aromatic nitrogens is 2. The van der Waals surface area contributed by atoms with Crippen LogP contribution in [0, 0.1) is 0 Å². The van der Waals surface area contributed by atoms with Gasteiger partial charge in [-0.15, -0.1) is 0 Å². The van der Waals surface area contributed by atoms with Crippen LogP contribution in [-0.4, -0.2) is 9.13 Å². The molecule has 0 amide bonds. The van der Waals surface area contributed by atoms with Crippen LogP contribution in [-0.2, 0) is 0 Å². The van der Waals surface area contributed by atoms with E-state index >= 15 is 0 Å². The van der Waals surface area contributed by atoms with Gasteiger partial charge in [0.05, 0.1) is 22.1 Å². The lowest BCUT2D eigenvalue weighted by Crippen LogP contribution is -1.93. The molecule has 14 aromatic rings. The fraction of sp³-hybridized carbons (Fsp3) is 0. The molecule has 0 aliphatic carbocycles. The summed E-state index contributed by atoms with van der Waals surface area (Å²) < 4.78 is 4.79. The first-order valence-electron chi connectivity index (χ1n) is 23.5. The predicted octanol–water partition coefficient (Wildman–Crippen LogP) is 18.0. The van der Waals surface area contributed by atoms with Crippen LogP contribution in [0.4, 0.5) is 0 Å². The summed E-state index contributed by atoms with van der Waals surface area (Å²) in [6, 6.07) is 94.0. The van der Waals surface area contributed by atoms with Gasteiger partial charge in [0, 0.05) is 32.9 Å². The summed E-state index contributed by atoms with van der Waals surface area (Å²) in [5.41, 5.74) is 16.8. The first kappa shape index (κ1) is 38.3. The SMILES string of the molecule is c1ccc(-c2cc(-c3c4cccc(-c5ccc6c(c5)c5ccccc5n6-c5ccccc5)c4cc4c(-c5ccc6c(c5)c5ccccc5n6-c5ccccc5)cccc34)cc3ccccc23)cc1. The van der Waals surface area contributed by atoms with Gasteiger partial charge in [-0.2, -0.15) is 0 Å². The van der Waals surface area contributed by atoms with Gasteiger partial charge < -0.3 is 9.13 Å². The van der Waals surface area contributed by atoms with Crippen molar-refractivity contribution in [3.8, 4) is 55.9 Å². The van der Waals surface area contributed by atoms with Crippen LogP contribution in [0.5, 0.6) is 0 Å². The Morgan fingerprint density at radius 3 is 1.19 bits per heavy atom. The van der Waals surface area contributed by atoms with Crippen molar-refractivity contribution in [2.75, 3.05) is 0 Å². The van der Waals surface area contributed by atoms with Crippen LogP contribution in [0.15, 0.2) is 255 Å². The van der Waals surface area contributed by atoms with Gasteiger partial charge in [0.2, 0.25) is 0 Å². The van der Waals surface area contributed by atoms with E-state index in [9.17, 15) is 0 Å². The average molecular weight is 863 g/mol. The standard InChI is InChI=1S/C66H42N2/c1-4-18-43(19-5-1)57-41-47(38-44-20-10-11-25-50(44)57)66-55-30-16-28-51(45-34-36-64-60(39-45)53-26-12-14-32-62(53)67(64)48-21-6-2-7-22-48)58(55)42-59-52(29-17-31-56(59)66)46-35-37-65-61(40-46)54-27-13-15-33-63(54)68(65)49-23-8-3-9-24-49/h1-42H. The van der Waals surface area contributed by atoms with Crippen LogP contribution in [0.25, 0.3) is 132 Å². The molecule has 2 aromatic heterocycles. The van der Waals surface area contributed by atoms with Crippen molar-refractivity contribution in [2.24, 2.45) is 0 Å². The molecule has 2 heteroatoms. The molecular formula is C66H42N2. The zero-order valence-corrected chi connectivity index (χ0v) is 37.1. The Labute approximate surface area is 393 Å². The number of rotatable bonds is 6. The smallest absolute Gasteiger partial charge is 0.0541 e. The lowest BCUT2D eigenvalue weighted by molar-refractivity contribution is 1.18. The lowest BCUT2D eigenvalue weighted by Gasteiger charge is -2.19. The molecule has 0 atom stereocenters. The van der Waals surface area contributed by atoms with Gasteiger partial charge in [-0.3, -0.25) is 0 Å². The molecule has 12 aromatic carbocycles. The minimum Gasteiger partial charge on any atom is -0.309 e. The van der Waals surface area contributed by atoms with E-state index in [-0.39, 0.29) is 0 Å². The molecule has 0 unspecified atom stereocenters. The zero-order valence-electron chi connectivity index (χ0n) is 37.1. The highest BCUT2D eigenvalue weighted by atomic mass is 15.0. The van der Waals surface area contributed by atoms with E-state index in [1.165, 1.54) is 120 Å². The second-order valence-corrected chi connectivity index (χ2v) is 18.0. The highest BCUT2D eigenvalue weighted by Gasteiger charge is 2.21. The van der Waals surface area contributed by atoms with Gasteiger partial charge in [-0.1, -0.05) is 176 Å². The Morgan fingerprint density at radius 1 is 0.206 bits per heavy atom. The number of hydrogen-bond acceptors (Lipinski definition) is 0. The Morgan fingerprint density at radius 2 is 0.647 bits per heavy atom. The van der Waals surface area contributed by atoms with E-state index in [0.717, 1.165) is 11.4 Å². The summed E-state index contributed by atoms with van der Waals surface area (Å²) in [4.78, 5) is 0. The summed E-state index contributed by atoms with van der Waals surface area (Å²) in [5.74, 6) is 0. The van der Waals surface area contributed by atoms with Gasteiger partial charge >= 0.3 is 0 Å². The molecule has 0 N–H and O–H groups in total. The molecule has 68 heavy (non-hydrogen) atoms. The van der Waals surface area contributed by atoms with Crippen LogP contribution in [0.2, 0.25) is 0 Å². The summed E-state index contributed by atoms with van der Waals surface area (Å²) in [6.07, 6.45) is 0. The third-order valence-corrected chi connectivity index (χ3v) is 14.3. The molecular weight excluding hydrogens is 821 g/mol. The molecule has 0 fully saturated rings. The molecule has 0 radical (unpaired) electrons. The largest absolute Gasteiger partial charge is 0.309 e. The predicted molar refractivity (Wildman–Crippen MR) is 289 cm³/mol. The molecule has 0 aliphatic rings. The number of benzene rings is 12. The third-order valence-electron chi connectivity index (χ3n) is 14.3. The van der Waals surface area contributed by atoms with Gasteiger partial charge in [0.1, 0.15) is 0 Å². The molecule has 0 saturated heterocycles. The van der Waals surface area contributed by atoms with E-state index in [4.69, 9.17) is 0 Å². The van der Waals surface area contributed by atoms with Gasteiger partial charge in [0.15, 0.2) is 0 Å². The second kappa shape index (κ2) is 15.3. The summed E-state index contributed by atoms with van der Waals surface area (Å²) in [7, 11) is 0. The number of hydrogen-bond donors (Lipinski definition) is 0. The maximum Gasteiger partial charge on any atom is 0.0541 e. The van der Waals surface area contributed by atoms with Crippen LogP contribution in [0.3, 0.4) is 0 Å². The fourth-order valence-electron chi connectivity index (χ4n) is 11.3. The number of fused-ring (bicyclic) bond motifs is 9. The first-order valence-corrected chi connectivity index (χ1v) is 23.5. The first-order chi connectivity index (χ1) is 33.7. The monoisotopic (exact) mass is 862 g/mol. The van der Waals surface area contributed by atoms with Crippen molar-refractivity contribution >= 4 is 75.9 Å². The summed E-state index contributed by atoms with van der Waals surface area (Å²) >= 11 is 0. The van der Waals surface area contributed by atoms with Crippen molar-refractivity contribution in [3.05, 3.63) is 255 Å². The maximum atomic E-state index is 2.48. The normalized spacial score (nSPS) is 11.8. The minimum atomic E-state index is 1.16. The average Bonchev–Trinajstić information content (AvgIpc) is 3.92. The molecule has 0 aliphatic heterocycles. The second-order valence-electron chi connectivity index (χ2n) is 18.0. The molecule has 14 rings (SSSR count). The summed E-state index contributed by atoms with van der Waals surface area (Å²) in [6.45, 7) is 0. The van der Waals surface area contributed by atoms with Gasteiger partial charge in [-0.05, 0) is 156 Å². The van der Waals surface area contributed by atoms with E-state index in [1.54, 1.807) is 0 Å². The highest BCUT2D eigenvalue weighted by molar-refractivity contribution is 6.21. The van der Waals surface area contributed by atoms with Crippen LogP contribution < -0.4 is 0 Å². The number of para-hydroxylation sites is 4. The van der Waals surface area contributed by atoms with Crippen molar-refractivity contribution in [1.29, 1.82) is 0 Å². The maximum absolute atomic E-state index is 2.48. The zero-order chi connectivity index (χ0) is 44.7. The van der Waals surface area contributed by atoms with Crippen LogP contribution in [0.1, 0.15) is 0 Å². The van der Waals surface area contributed by atoms with Gasteiger partial charge in [-0.25, -0.2) is 0 Å². The Kier molecular flexibility index (Phi) is 8.62. The molecule has 0 saturated carbocycles. The summed E-state index contributed by atoms with van der Waals surface area (Å²) in [5, 5.41) is 12.4.